The van der Waals surface area contributed by atoms with E-state index in [-0.39, 0.29) is 5.91 Å². The maximum Gasteiger partial charge on any atom is 0.328 e. The molecule has 0 aliphatic carbocycles. The summed E-state index contributed by atoms with van der Waals surface area (Å²) in [5, 5.41) is 2.55. The van der Waals surface area contributed by atoms with E-state index in [0.29, 0.717) is 12.2 Å². The van der Waals surface area contributed by atoms with Crippen LogP contribution in [-0.4, -0.2) is 23.4 Å². The number of hydrogen-bond donors (Lipinski definition) is 1. The van der Waals surface area contributed by atoms with Gasteiger partial charge < -0.3 is 5.32 Å². The minimum absolute atomic E-state index is 0.320. The van der Waals surface area contributed by atoms with E-state index in [1.165, 1.54) is 6.92 Å². The summed E-state index contributed by atoms with van der Waals surface area (Å²) in [6, 6.07) is -0.439. The second kappa shape index (κ2) is 7.45. The van der Waals surface area contributed by atoms with Crippen LogP contribution in [0.3, 0.4) is 0 Å². The molecule has 0 bridgehead atoms. The fraction of sp³-hybridized carbons (Fsp3) is 0.333. The molecule has 88 valence electrons. The van der Waals surface area contributed by atoms with E-state index in [0.717, 1.165) is 4.90 Å². The van der Waals surface area contributed by atoms with Crippen LogP contribution in [0.25, 0.3) is 0 Å². The molecule has 16 heavy (non-hydrogen) atoms. The van der Waals surface area contributed by atoms with Gasteiger partial charge in [-0.2, -0.15) is 0 Å². The van der Waals surface area contributed by atoms with Gasteiger partial charge in [-0.05, 0) is 19.9 Å². The van der Waals surface area contributed by atoms with E-state index in [1.54, 1.807) is 25.2 Å². The Morgan fingerprint density at radius 1 is 1.38 bits per heavy atom. The van der Waals surface area contributed by atoms with Crippen molar-refractivity contribution < 1.29 is 9.59 Å². The number of imide groups is 1. The zero-order chi connectivity index (χ0) is 12.6. The van der Waals surface area contributed by atoms with Crippen LogP contribution in [0.2, 0.25) is 0 Å². The molecule has 4 nitrogen and oxygen atoms in total. The topological polar surface area (TPSA) is 49.4 Å². The van der Waals surface area contributed by atoms with E-state index >= 15 is 0 Å². The van der Waals surface area contributed by atoms with Gasteiger partial charge in [-0.3, -0.25) is 4.79 Å². The molecule has 0 aliphatic heterocycles. The van der Waals surface area contributed by atoms with Crippen molar-refractivity contribution in [2.45, 2.75) is 20.8 Å². The van der Waals surface area contributed by atoms with Crippen molar-refractivity contribution in [3.63, 3.8) is 0 Å². The summed E-state index contributed by atoms with van der Waals surface area (Å²) >= 11 is 0. The summed E-state index contributed by atoms with van der Waals surface area (Å²) in [5.41, 5.74) is 0.576. The van der Waals surface area contributed by atoms with Gasteiger partial charge in [0.05, 0.1) is 0 Å². The zero-order valence-electron chi connectivity index (χ0n) is 9.99. The lowest BCUT2D eigenvalue weighted by atomic mass is 10.3. The third-order valence-electron chi connectivity index (χ3n) is 1.80. The van der Waals surface area contributed by atoms with E-state index in [2.05, 4.69) is 11.9 Å². The van der Waals surface area contributed by atoms with Gasteiger partial charge in [0.2, 0.25) is 5.91 Å². The number of carbonyl (C=O) groups is 2. The first-order valence-electron chi connectivity index (χ1n) is 5.03. The van der Waals surface area contributed by atoms with Crippen LogP contribution in [0.15, 0.2) is 36.6 Å². The molecule has 0 saturated carbocycles. The molecule has 0 fully saturated rings. The van der Waals surface area contributed by atoms with Crippen LogP contribution in [0.5, 0.6) is 0 Å². The Kier molecular flexibility index (Phi) is 6.59. The van der Waals surface area contributed by atoms with Crippen LogP contribution >= 0.6 is 0 Å². The van der Waals surface area contributed by atoms with E-state index in [4.69, 9.17) is 0 Å². The number of carbonyl (C=O) groups excluding carboxylic acids is 2. The minimum atomic E-state index is -0.439. The first-order chi connectivity index (χ1) is 7.54. The first kappa shape index (κ1) is 14.2. The van der Waals surface area contributed by atoms with Crippen molar-refractivity contribution in [1.29, 1.82) is 0 Å². The minimum Gasteiger partial charge on any atom is -0.334 e. The molecule has 0 aromatic carbocycles. The maximum absolute atomic E-state index is 11.6. The summed E-state index contributed by atoms with van der Waals surface area (Å²) in [6.07, 6.45) is 6.85. The maximum atomic E-state index is 11.6. The van der Waals surface area contributed by atoms with Gasteiger partial charge in [0.15, 0.2) is 0 Å². The standard InChI is InChI=1S/C12H18N2O2/c1-5-7-8-10(3)14(11(4)15)12(16)13-9-6-2/h5-8H,2,9H2,1,3-4H3,(H,13,16)/b7-5-,10-8+. The molecule has 1 N–H and O–H groups in total. The van der Waals surface area contributed by atoms with Crippen LogP contribution in [0, 0.1) is 0 Å². The van der Waals surface area contributed by atoms with Crippen LogP contribution < -0.4 is 5.32 Å². The summed E-state index contributed by atoms with van der Waals surface area (Å²) in [7, 11) is 0. The van der Waals surface area contributed by atoms with Gasteiger partial charge in [-0.25, -0.2) is 9.69 Å². The summed E-state index contributed by atoms with van der Waals surface area (Å²) < 4.78 is 0. The molecule has 0 aromatic rings. The molecule has 0 atom stereocenters. The molecule has 0 rings (SSSR count). The normalized spacial score (nSPS) is 11.3. The van der Waals surface area contributed by atoms with Gasteiger partial charge in [0.1, 0.15) is 0 Å². The van der Waals surface area contributed by atoms with Crippen molar-refractivity contribution in [2.75, 3.05) is 6.54 Å². The monoisotopic (exact) mass is 222 g/mol. The van der Waals surface area contributed by atoms with Crippen LogP contribution in [0.4, 0.5) is 4.79 Å². The summed E-state index contributed by atoms with van der Waals surface area (Å²) in [4.78, 5) is 24.0. The second-order valence-electron chi connectivity index (χ2n) is 3.16. The Bertz CT molecular complexity index is 330. The average molecular weight is 222 g/mol. The largest absolute Gasteiger partial charge is 0.334 e. The second-order valence-corrected chi connectivity index (χ2v) is 3.16. The highest BCUT2D eigenvalue weighted by Gasteiger charge is 2.18. The fourth-order valence-electron chi connectivity index (χ4n) is 1.10. The van der Waals surface area contributed by atoms with Crippen molar-refractivity contribution in [3.8, 4) is 0 Å². The molecular formula is C12H18N2O2. The molecule has 0 unspecified atom stereocenters. The fourth-order valence-corrected chi connectivity index (χ4v) is 1.10. The van der Waals surface area contributed by atoms with Crippen molar-refractivity contribution >= 4 is 11.9 Å². The molecule has 0 saturated heterocycles. The van der Waals surface area contributed by atoms with E-state index in [1.807, 2.05) is 13.0 Å². The number of hydrogen-bond acceptors (Lipinski definition) is 2. The van der Waals surface area contributed by atoms with Crippen molar-refractivity contribution in [2.24, 2.45) is 0 Å². The molecular weight excluding hydrogens is 204 g/mol. The number of nitrogens with zero attached hydrogens (tertiary/aromatic N) is 1. The van der Waals surface area contributed by atoms with E-state index in [9.17, 15) is 9.59 Å². The Morgan fingerprint density at radius 3 is 2.44 bits per heavy atom. The predicted octanol–water partition coefficient (Wildman–Crippen LogP) is 2.21. The smallest absolute Gasteiger partial charge is 0.328 e. The van der Waals surface area contributed by atoms with Crippen LogP contribution in [0.1, 0.15) is 20.8 Å². The first-order valence-corrected chi connectivity index (χ1v) is 5.03. The summed E-state index contributed by atoms with van der Waals surface area (Å²) in [5.74, 6) is -0.320. The van der Waals surface area contributed by atoms with Crippen molar-refractivity contribution in [3.05, 3.63) is 36.6 Å². The average Bonchev–Trinajstić information content (AvgIpc) is 2.23. The molecule has 4 heteroatoms. The third-order valence-corrected chi connectivity index (χ3v) is 1.80. The van der Waals surface area contributed by atoms with Gasteiger partial charge >= 0.3 is 6.03 Å². The SMILES string of the molecule is C=CCNC(=O)N(C(C)=O)/C(C)=C/C=C\C. The highest BCUT2D eigenvalue weighted by Crippen LogP contribution is 2.04. The Hall–Kier alpha value is -1.84. The lowest BCUT2D eigenvalue weighted by Gasteiger charge is -2.19. The third kappa shape index (κ3) is 4.59. The summed E-state index contributed by atoms with van der Waals surface area (Å²) in [6.45, 7) is 8.73. The van der Waals surface area contributed by atoms with Crippen molar-refractivity contribution in [1.82, 2.24) is 10.2 Å². The Balaban J connectivity index is 4.79. The molecule has 0 radical (unpaired) electrons. The number of urea groups is 1. The number of allylic oxidation sites excluding steroid dienone is 4. The highest BCUT2D eigenvalue weighted by atomic mass is 16.2. The highest BCUT2D eigenvalue weighted by molar-refractivity contribution is 5.95. The number of amides is 3. The quantitative estimate of drug-likeness (QED) is 0.585. The van der Waals surface area contributed by atoms with Gasteiger partial charge in [-0.15, -0.1) is 6.58 Å². The van der Waals surface area contributed by atoms with Gasteiger partial charge in [0.25, 0.3) is 0 Å². The lowest BCUT2D eigenvalue weighted by Crippen LogP contribution is -2.41. The van der Waals surface area contributed by atoms with Crippen LogP contribution in [-0.2, 0) is 4.79 Å². The molecule has 3 amide bonds. The molecule has 0 spiro atoms. The number of rotatable bonds is 4. The predicted molar refractivity (Wildman–Crippen MR) is 64.7 cm³/mol. The van der Waals surface area contributed by atoms with Gasteiger partial charge in [-0.1, -0.05) is 18.2 Å². The van der Waals surface area contributed by atoms with Gasteiger partial charge in [0, 0.05) is 19.2 Å². The molecule has 0 heterocycles. The number of nitrogens with one attached hydrogen (secondary N) is 1. The van der Waals surface area contributed by atoms with E-state index < -0.39 is 6.03 Å². The lowest BCUT2D eigenvalue weighted by molar-refractivity contribution is -0.124. The Morgan fingerprint density at radius 2 is 2.00 bits per heavy atom. The zero-order valence-corrected chi connectivity index (χ0v) is 9.99. The molecule has 0 aliphatic rings. The Labute approximate surface area is 96.3 Å². The molecule has 0 aromatic heterocycles.